The highest BCUT2D eigenvalue weighted by molar-refractivity contribution is 7.99. The van der Waals surface area contributed by atoms with E-state index in [1.165, 1.54) is 12.1 Å². The first-order chi connectivity index (χ1) is 10.2. The fourth-order valence-electron chi connectivity index (χ4n) is 1.68. The van der Waals surface area contributed by atoms with Gasteiger partial charge in [0.05, 0.1) is 19.3 Å². The van der Waals surface area contributed by atoms with Crippen molar-refractivity contribution < 1.29 is 19.4 Å². The molecule has 0 amide bonds. The zero-order valence-electron chi connectivity index (χ0n) is 11.6. The summed E-state index contributed by atoms with van der Waals surface area (Å²) in [5.41, 5.74) is 0.259. The Balaban J connectivity index is 1.74. The van der Waals surface area contributed by atoms with Crippen molar-refractivity contribution in [3.8, 4) is 11.5 Å². The second-order valence-corrected chi connectivity index (χ2v) is 5.37. The molecule has 0 saturated carbocycles. The van der Waals surface area contributed by atoms with Gasteiger partial charge in [0.15, 0.2) is 0 Å². The van der Waals surface area contributed by atoms with Gasteiger partial charge in [-0.1, -0.05) is 0 Å². The van der Waals surface area contributed by atoms with Crippen molar-refractivity contribution in [2.24, 2.45) is 0 Å². The molecule has 21 heavy (non-hydrogen) atoms. The SMILES string of the molecule is COc1ccc(SCCOc2ccc(C(=O)O)cc2)cc1. The van der Waals surface area contributed by atoms with Crippen LogP contribution in [-0.4, -0.2) is 30.5 Å². The highest BCUT2D eigenvalue weighted by Crippen LogP contribution is 2.21. The highest BCUT2D eigenvalue weighted by Gasteiger charge is 2.02. The number of rotatable bonds is 7. The number of carboxylic acid groups (broad SMARTS) is 1. The smallest absolute Gasteiger partial charge is 0.335 e. The van der Waals surface area contributed by atoms with E-state index in [4.69, 9.17) is 14.6 Å². The molecule has 0 aromatic heterocycles. The molecule has 0 atom stereocenters. The third-order valence-electron chi connectivity index (χ3n) is 2.78. The Kier molecular flexibility index (Phi) is 5.51. The van der Waals surface area contributed by atoms with Crippen LogP contribution in [0.2, 0.25) is 0 Å². The summed E-state index contributed by atoms with van der Waals surface area (Å²) in [5.74, 6) is 1.40. The van der Waals surface area contributed by atoms with Crippen LogP contribution in [0.4, 0.5) is 0 Å². The minimum absolute atomic E-state index is 0.259. The normalized spacial score (nSPS) is 10.1. The predicted molar refractivity (Wildman–Crippen MR) is 82.6 cm³/mol. The summed E-state index contributed by atoms with van der Waals surface area (Å²) < 4.78 is 10.7. The van der Waals surface area contributed by atoms with Crippen molar-refractivity contribution in [3.05, 3.63) is 54.1 Å². The van der Waals surface area contributed by atoms with Crippen LogP contribution in [0.25, 0.3) is 0 Å². The van der Waals surface area contributed by atoms with Crippen LogP contribution in [0.15, 0.2) is 53.4 Å². The number of carboxylic acids is 1. The summed E-state index contributed by atoms with van der Waals surface area (Å²) in [6.07, 6.45) is 0. The van der Waals surface area contributed by atoms with Crippen LogP contribution in [0.3, 0.4) is 0 Å². The van der Waals surface area contributed by atoms with E-state index in [0.29, 0.717) is 12.4 Å². The summed E-state index contributed by atoms with van der Waals surface area (Å²) in [6, 6.07) is 14.3. The Labute approximate surface area is 127 Å². The summed E-state index contributed by atoms with van der Waals surface area (Å²) in [5, 5.41) is 8.80. The second kappa shape index (κ2) is 7.59. The van der Waals surface area contributed by atoms with Gasteiger partial charge in [0.25, 0.3) is 0 Å². The number of benzene rings is 2. The van der Waals surface area contributed by atoms with E-state index in [1.807, 2.05) is 24.3 Å². The quantitative estimate of drug-likeness (QED) is 0.626. The van der Waals surface area contributed by atoms with Gasteiger partial charge in [0, 0.05) is 10.6 Å². The first kappa shape index (κ1) is 15.3. The van der Waals surface area contributed by atoms with Crippen LogP contribution in [0.1, 0.15) is 10.4 Å². The number of hydrogen-bond donors (Lipinski definition) is 1. The topological polar surface area (TPSA) is 55.8 Å². The molecule has 110 valence electrons. The van der Waals surface area contributed by atoms with Gasteiger partial charge in [-0.3, -0.25) is 0 Å². The summed E-state index contributed by atoms with van der Waals surface area (Å²) in [4.78, 5) is 11.9. The van der Waals surface area contributed by atoms with Crippen molar-refractivity contribution in [1.29, 1.82) is 0 Å². The van der Waals surface area contributed by atoms with Crippen molar-refractivity contribution in [2.75, 3.05) is 19.5 Å². The fourth-order valence-corrected chi connectivity index (χ4v) is 2.42. The molecule has 0 radical (unpaired) electrons. The number of aromatic carboxylic acids is 1. The number of methoxy groups -OCH3 is 1. The van der Waals surface area contributed by atoms with Crippen LogP contribution < -0.4 is 9.47 Å². The highest BCUT2D eigenvalue weighted by atomic mass is 32.2. The molecule has 2 aromatic carbocycles. The van der Waals surface area contributed by atoms with E-state index in [2.05, 4.69) is 0 Å². The molecule has 5 heteroatoms. The van der Waals surface area contributed by atoms with Crippen molar-refractivity contribution in [1.82, 2.24) is 0 Å². The Morgan fingerprint density at radius 3 is 2.24 bits per heavy atom. The van der Waals surface area contributed by atoms with Crippen LogP contribution >= 0.6 is 11.8 Å². The zero-order chi connectivity index (χ0) is 15.1. The van der Waals surface area contributed by atoms with Crippen molar-refractivity contribution in [3.63, 3.8) is 0 Å². The average Bonchev–Trinajstić information content (AvgIpc) is 2.52. The molecule has 1 N–H and O–H groups in total. The van der Waals surface area contributed by atoms with Crippen LogP contribution in [0, 0.1) is 0 Å². The van der Waals surface area contributed by atoms with Gasteiger partial charge < -0.3 is 14.6 Å². The van der Waals surface area contributed by atoms with Crippen LogP contribution in [-0.2, 0) is 0 Å². The molecule has 0 bridgehead atoms. The van der Waals surface area contributed by atoms with Gasteiger partial charge in [-0.15, -0.1) is 11.8 Å². The number of carbonyl (C=O) groups is 1. The van der Waals surface area contributed by atoms with Gasteiger partial charge in [-0.2, -0.15) is 0 Å². The lowest BCUT2D eigenvalue weighted by Crippen LogP contribution is -2.01. The molecule has 0 aliphatic carbocycles. The lowest BCUT2D eigenvalue weighted by molar-refractivity contribution is 0.0697. The third-order valence-corrected chi connectivity index (χ3v) is 3.76. The van der Waals surface area contributed by atoms with Gasteiger partial charge in [0.2, 0.25) is 0 Å². The molecule has 2 rings (SSSR count). The lowest BCUT2D eigenvalue weighted by Gasteiger charge is -2.07. The third kappa shape index (κ3) is 4.72. The summed E-state index contributed by atoms with van der Waals surface area (Å²) >= 11 is 1.69. The molecule has 0 unspecified atom stereocenters. The van der Waals surface area contributed by atoms with E-state index in [9.17, 15) is 4.79 Å². The molecule has 4 nitrogen and oxygen atoms in total. The van der Waals surface area contributed by atoms with Crippen molar-refractivity contribution >= 4 is 17.7 Å². The first-order valence-electron chi connectivity index (χ1n) is 6.42. The molecular weight excluding hydrogens is 288 g/mol. The largest absolute Gasteiger partial charge is 0.497 e. The monoisotopic (exact) mass is 304 g/mol. The van der Waals surface area contributed by atoms with E-state index in [-0.39, 0.29) is 5.56 Å². The molecule has 2 aromatic rings. The zero-order valence-corrected chi connectivity index (χ0v) is 12.4. The minimum Gasteiger partial charge on any atom is -0.497 e. The van der Waals surface area contributed by atoms with Gasteiger partial charge in [-0.25, -0.2) is 4.79 Å². The Morgan fingerprint density at radius 1 is 1.05 bits per heavy atom. The van der Waals surface area contributed by atoms with Crippen LogP contribution in [0.5, 0.6) is 11.5 Å². The second-order valence-electron chi connectivity index (χ2n) is 4.20. The van der Waals surface area contributed by atoms with Gasteiger partial charge >= 0.3 is 5.97 Å². The summed E-state index contributed by atoms with van der Waals surface area (Å²) in [7, 11) is 1.64. The van der Waals surface area contributed by atoms with E-state index >= 15 is 0 Å². The first-order valence-corrected chi connectivity index (χ1v) is 7.40. The van der Waals surface area contributed by atoms with Gasteiger partial charge in [-0.05, 0) is 48.5 Å². The number of thioether (sulfide) groups is 1. The maximum absolute atomic E-state index is 10.7. The molecular formula is C16H16O4S. The number of ether oxygens (including phenoxy) is 2. The maximum atomic E-state index is 10.7. The molecule has 0 fully saturated rings. The Bertz CT molecular complexity index is 578. The summed E-state index contributed by atoms with van der Waals surface area (Å²) in [6.45, 7) is 0.559. The lowest BCUT2D eigenvalue weighted by atomic mass is 10.2. The number of hydrogen-bond acceptors (Lipinski definition) is 4. The molecule has 0 heterocycles. The molecule has 0 spiro atoms. The predicted octanol–water partition coefficient (Wildman–Crippen LogP) is 3.56. The van der Waals surface area contributed by atoms with E-state index < -0.39 is 5.97 Å². The fraction of sp³-hybridized carbons (Fsp3) is 0.188. The van der Waals surface area contributed by atoms with E-state index in [0.717, 1.165) is 16.4 Å². The standard InChI is InChI=1S/C16H16O4S/c1-19-13-6-8-15(9-7-13)21-11-10-20-14-4-2-12(3-5-14)16(17)18/h2-9H,10-11H2,1H3,(H,17,18). The Morgan fingerprint density at radius 2 is 1.67 bits per heavy atom. The average molecular weight is 304 g/mol. The van der Waals surface area contributed by atoms with E-state index in [1.54, 1.807) is 31.0 Å². The minimum atomic E-state index is -0.934. The van der Waals surface area contributed by atoms with Crippen molar-refractivity contribution in [2.45, 2.75) is 4.90 Å². The molecule has 0 aliphatic heterocycles. The molecule has 0 aliphatic rings. The maximum Gasteiger partial charge on any atom is 0.335 e. The van der Waals surface area contributed by atoms with Gasteiger partial charge in [0.1, 0.15) is 11.5 Å². The molecule has 0 saturated heterocycles. The Hall–Kier alpha value is -2.14.